The SMILES string of the molecule is COC(N)(c1nc2ccccc2o1)C(CO)C(=O)OC(C)(C)C. The summed E-state index contributed by atoms with van der Waals surface area (Å²) in [6.45, 7) is 4.61. The van der Waals surface area contributed by atoms with Crippen LogP contribution in [0.5, 0.6) is 0 Å². The van der Waals surface area contributed by atoms with Crippen LogP contribution in [-0.2, 0) is 20.0 Å². The molecule has 126 valence electrons. The van der Waals surface area contributed by atoms with Crippen molar-refractivity contribution < 1.29 is 23.8 Å². The number of oxazole rings is 1. The number of fused-ring (bicyclic) bond motifs is 1. The largest absolute Gasteiger partial charge is 0.460 e. The topological polar surface area (TPSA) is 108 Å². The zero-order chi connectivity index (χ0) is 17.3. The summed E-state index contributed by atoms with van der Waals surface area (Å²) in [5.74, 6) is -1.86. The summed E-state index contributed by atoms with van der Waals surface area (Å²) < 4.78 is 16.2. The number of ether oxygens (including phenoxy) is 2. The van der Waals surface area contributed by atoms with E-state index in [2.05, 4.69) is 4.98 Å². The van der Waals surface area contributed by atoms with Gasteiger partial charge in [-0.25, -0.2) is 4.98 Å². The second-order valence-electron chi connectivity index (χ2n) is 6.25. The molecule has 0 saturated carbocycles. The van der Waals surface area contributed by atoms with Crippen molar-refractivity contribution in [1.82, 2.24) is 4.98 Å². The molecule has 0 fully saturated rings. The first-order valence-electron chi connectivity index (χ1n) is 7.25. The van der Waals surface area contributed by atoms with Crippen molar-refractivity contribution in [2.75, 3.05) is 13.7 Å². The number of carbonyl (C=O) groups is 1. The van der Waals surface area contributed by atoms with Crippen molar-refractivity contribution in [3.05, 3.63) is 30.2 Å². The maximum atomic E-state index is 12.4. The lowest BCUT2D eigenvalue weighted by Gasteiger charge is -2.32. The second kappa shape index (κ2) is 6.27. The fourth-order valence-corrected chi connectivity index (χ4v) is 2.18. The Kier molecular flexibility index (Phi) is 4.74. The van der Waals surface area contributed by atoms with Gasteiger partial charge < -0.3 is 19.0 Å². The van der Waals surface area contributed by atoms with E-state index in [0.29, 0.717) is 11.1 Å². The zero-order valence-corrected chi connectivity index (χ0v) is 13.7. The molecule has 1 heterocycles. The number of esters is 1. The smallest absolute Gasteiger partial charge is 0.316 e. The quantitative estimate of drug-likeness (QED) is 0.635. The third-order valence-corrected chi connectivity index (χ3v) is 3.36. The summed E-state index contributed by atoms with van der Waals surface area (Å²) >= 11 is 0. The first-order valence-corrected chi connectivity index (χ1v) is 7.25. The highest BCUT2D eigenvalue weighted by Gasteiger charge is 2.47. The van der Waals surface area contributed by atoms with E-state index in [1.165, 1.54) is 7.11 Å². The van der Waals surface area contributed by atoms with E-state index in [1.54, 1.807) is 45.0 Å². The lowest BCUT2D eigenvalue weighted by Crippen LogP contribution is -2.52. The summed E-state index contributed by atoms with van der Waals surface area (Å²) in [6, 6.07) is 7.07. The lowest BCUT2D eigenvalue weighted by atomic mass is 9.96. The van der Waals surface area contributed by atoms with E-state index < -0.39 is 29.8 Å². The molecule has 7 heteroatoms. The van der Waals surface area contributed by atoms with Gasteiger partial charge in [-0.1, -0.05) is 12.1 Å². The van der Waals surface area contributed by atoms with Gasteiger partial charge >= 0.3 is 5.97 Å². The number of carbonyl (C=O) groups excluding carboxylic acids is 1. The van der Waals surface area contributed by atoms with E-state index in [9.17, 15) is 9.90 Å². The minimum Gasteiger partial charge on any atom is -0.460 e. The Balaban J connectivity index is 2.42. The van der Waals surface area contributed by atoms with Gasteiger partial charge in [0, 0.05) is 7.11 Å². The van der Waals surface area contributed by atoms with Crippen molar-refractivity contribution in [3.63, 3.8) is 0 Å². The van der Waals surface area contributed by atoms with Crippen LogP contribution in [0.1, 0.15) is 26.7 Å². The van der Waals surface area contributed by atoms with Crippen molar-refractivity contribution in [2.45, 2.75) is 32.1 Å². The van der Waals surface area contributed by atoms with Crippen molar-refractivity contribution in [3.8, 4) is 0 Å². The number of nitrogens with zero attached hydrogens (tertiary/aromatic N) is 1. The number of hydrogen-bond donors (Lipinski definition) is 2. The van der Waals surface area contributed by atoms with Crippen LogP contribution in [0.4, 0.5) is 0 Å². The molecule has 0 bridgehead atoms. The lowest BCUT2D eigenvalue weighted by molar-refractivity contribution is -0.179. The molecule has 23 heavy (non-hydrogen) atoms. The van der Waals surface area contributed by atoms with Gasteiger partial charge in [-0.15, -0.1) is 0 Å². The molecule has 2 atom stereocenters. The molecule has 0 saturated heterocycles. The molecule has 3 N–H and O–H groups in total. The summed E-state index contributed by atoms with van der Waals surface area (Å²) in [6.07, 6.45) is 0. The Morgan fingerprint density at radius 1 is 1.39 bits per heavy atom. The third-order valence-electron chi connectivity index (χ3n) is 3.36. The van der Waals surface area contributed by atoms with Crippen LogP contribution in [0.15, 0.2) is 28.7 Å². The van der Waals surface area contributed by atoms with Gasteiger partial charge in [-0.2, -0.15) is 0 Å². The second-order valence-corrected chi connectivity index (χ2v) is 6.25. The number of rotatable bonds is 5. The van der Waals surface area contributed by atoms with Crippen LogP contribution in [0.3, 0.4) is 0 Å². The Labute approximate surface area is 134 Å². The molecular formula is C16H22N2O5. The third kappa shape index (κ3) is 3.52. The zero-order valence-electron chi connectivity index (χ0n) is 13.7. The predicted octanol–water partition coefficient (Wildman–Crippen LogP) is 1.54. The Hall–Kier alpha value is -1.96. The Bertz CT molecular complexity index is 658. The predicted molar refractivity (Wildman–Crippen MR) is 83.3 cm³/mol. The Morgan fingerprint density at radius 2 is 2.04 bits per heavy atom. The molecule has 7 nitrogen and oxygen atoms in total. The van der Waals surface area contributed by atoms with E-state index in [1.807, 2.05) is 0 Å². The van der Waals surface area contributed by atoms with Crippen molar-refractivity contribution >= 4 is 17.1 Å². The average molecular weight is 322 g/mol. The number of aromatic nitrogens is 1. The molecule has 0 spiro atoms. The molecule has 0 aliphatic rings. The van der Waals surface area contributed by atoms with Gasteiger partial charge in [-0.05, 0) is 32.9 Å². The first-order chi connectivity index (χ1) is 10.7. The number of para-hydroxylation sites is 2. The van der Waals surface area contributed by atoms with Crippen LogP contribution in [0.2, 0.25) is 0 Å². The summed E-state index contributed by atoms with van der Waals surface area (Å²) in [4.78, 5) is 16.6. The molecule has 0 aliphatic carbocycles. The van der Waals surface area contributed by atoms with Crippen LogP contribution in [-0.4, -0.2) is 35.4 Å². The molecule has 0 amide bonds. The van der Waals surface area contributed by atoms with Gasteiger partial charge in [0.15, 0.2) is 5.58 Å². The van der Waals surface area contributed by atoms with E-state index in [0.717, 1.165) is 0 Å². The molecule has 1 aromatic carbocycles. The standard InChI is InChI=1S/C16H22N2O5/c1-15(2,3)23-13(20)10(9-19)16(17,21-4)14-18-11-7-5-6-8-12(11)22-14/h5-8,10,19H,9,17H2,1-4H3. The number of nitrogens with two attached hydrogens (primary N) is 1. The Morgan fingerprint density at radius 3 is 2.57 bits per heavy atom. The maximum Gasteiger partial charge on any atom is 0.316 e. The fraction of sp³-hybridized carbons (Fsp3) is 0.500. The van der Waals surface area contributed by atoms with Crippen LogP contribution < -0.4 is 5.73 Å². The summed E-state index contributed by atoms with van der Waals surface area (Å²) in [5.41, 5.74) is 4.84. The maximum absolute atomic E-state index is 12.4. The van der Waals surface area contributed by atoms with Crippen molar-refractivity contribution in [1.29, 1.82) is 0 Å². The van der Waals surface area contributed by atoms with E-state index in [-0.39, 0.29) is 5.89 Å². The highest BCUT2D eigenvalue weighted by molar-refractivity contribution is 5.75. The average Bonchev–Trinajstić information content (AvgIpc) is 2.90. The molecule has 2 unspecified atom stereocenters. The molecule has 0 aliphatic heterocycles. The van der Waals surface area contributed by atoms with Gasteiger partial charge in [-0.3, -0.25) is 10.5 Å². The number of hydrogen-bond acceptors (Lipinski definition) is 7. The number of methoxy groups -OCH3 is 1. The summed E-state index contributed by atoms with van der Waals surface area (Å²) in [7, 11) is 1.32. The van der Waals surface area contributed by atoms with Crippen LogP contribution in [0.25, 0.3) is 11.1 Å². The summed E-state index contributed by atoms with van der Waals surface area (Å²) in [5, 5.41) is 9.67. The minimum atomic E-state index is -1.74. The normalized spacial score (nSPS) is 16.1. The number of aliphatic hydroxyl groups excluding tert-OH is 1. The minimum absolute atomic E-state index is 0.00566. The molecule has 1 aromatic heterocycles. The fourth-order valence-electron chi connectivity index (χ4n) is 2.18. The number of benzene rings is 1. The molecule has 2 aromatic rings. The van der Waals surface area contributed by atoms with Crippen LogP contribution >= 0.6 is 0 Å². The van der Waals surface area contributed by atoms with Crippen molar-refractivity contribution in [2.24, 2.45) is 11.7 Å². The van der Waals surface area contributed by atoms with E-state index >= 15 is 0 Å². The monoisotopic (exact) mass is 322 g/mol. The molecule has 0 radical (unpaired) electrons. The molecule has 2 rings (SSSR count). The van der Waals surface area contributed by atoms with Gasteiger partial charge in [0.2, 0.25) is 11.6 Å². The van der Waals surface area contributed by atoms with E-state index in [4.69, 9.17) is 19.6 Å². The van der Waals surface area contributed by atoms with Gasteiger partial charge in [0.05, 0.1) is 6.61 Å². The first kappa shape index (κ1) is 17.4. The highest BCUT2D eigenvalue weighted by atomic mass is 16.6. The van der Waals surface area contributed by atoms with Gasteiger partial charge in [0.1, 0.15) is 17.0 Å². The number of aliphatic hydroxyl groups is 1. The highest BCUT2D eigenvalue weighted by Crippen LogP contribution is 2.31. The van der Waals surface area contributed by atoms with Gasteiger partial charge in [0.25, 0.3) is 0 Å². The van der Waals surface area contributed by atoms with Crippen LogP contribution in [0, 0.1) is 5.92 Å². The molecular weight excluding hydrogens is 300 g/mol.